The number of hydrogen-bond acceptors (Lipinski definition) is 6. The molecule has 70 heavy (non-hydrogen) atoms. The lowest BCUT2D eigenvalue weighted by molar-refractivity contribution is 0.667. The Morgan fingerprint density at radius 1 is 0.400 bits per heavy atom. The average molecular weight is 930 g/mol. The lowest BCUT2D eigenvalue weighted by Gasteiger charge is -2.34. The van der Waals surface area contributed by atoms with Crippen molar-refractivity contribution in [3.05, 3.63) is 237 Å². The van der Waals surface area contributed by atoms with Gasteiger partial charge in [0.05, 0.1) is 17.2 Å². The first-order valence-corrected chi connectivity index (χ1v) is 26.3. The maximum atomic E-state index is 6.37. The Morgan fingerprint density at radius 3 is 1.76 bits per heavy atom. The summed E-state index contributed by atoms with van der Waals surface area (Å²) in [6.45, 7) is 0. The summed E-state index contributed by atoms with van der Waals surface area (Å²) < 4.78 is 11.1. The maximum absolute atomic E-state index is 6.37. The zero-order valence-corrected chi connectivity index (χ0v) is 39.4. The minimum Gasteiger partial charge on any atom is -0.454 e. The van der Waals surface area contributed by atoms with Crippen LogP contribution in [0.3, 0.4) is 0 Å². The van der Waals surface area contributed by atoms with Gasteiger partial charge in [0.2, 0.25) is 5.95 Å². The normalized spacial score (nSPS) is 12.0. The summed E-state index contributed by atoms with van der Waals surface area (Å²) in [7, 11) is -2.79. The highest BCUT2D eigenvalue weighted by Gasteiger charge is 2.41. The highest BCUT2D eigenvalue weighted by atomic mass is 32.1. The number of pyridine rings is 1. The Hall–Kier alpha value is -8.82. The van der Waals surface area contributed by atoms with Crippen LogP contribution in [0.4, 0.5) is 0 Å². The molecular weight excluding hydrogens is 891 g/mol. The van der Waals surface area contributed by atoms with Gasteiger partial charge in [-0.05, 0) is 68.3 Å². The first-order valence-electron chi connectivity index (χ1n) is 23.4. The highest BCUT2D eigenvalue weighted by molar-refractivity contribution is 7.26. The lowest BCUT2D eigenvalue weighted by Crippen LogP contribution is -2.74. The third kappa shape index (κ3) is 6.24. The summed E-state index contributed by atoms with van der Waals surface area (Å²) in [4.78, 5) is 20.7. The second kappa shape index (κ2) is 16.2. The Balaban J connectivity index is 1.01. The van der Waals surface area contributed by atoms with E-state index in [4.69, 9.17) is 19.4 Å². The van der Waals surface area contributed by atoms with Crippen molar-refractivity contribution < 1.29 is 4.42 Å². The van der Waals surface area contributed by atoms with Gasteiger partial charge in [-0.15, -0.1) is 11.3 Å². The van der Waals surface area contributed by atoms with E-state index in [9.17, 15) is 0 Å². The Labute approximate surface area is 407 Å². The molecule has 0 bridgehead atoms. The van der Waals surface area contributed by atoms with Crippen molar-refractivity contribution >= 4 is 104 Å². The molecule has 328 valence electrons. The first kappa shape index (κ1) is 40.3. The van der Waals surface area contributed by atoms with Gasteiger partial charge in [0.1, 0.15) is 5.58 Å². The predicted octanol–water partition coefficient (Wildman–Crippen LogP) is 13.0. The van der Waals surface area contributed by atoms with Crippen LogP contribution in [0.15, 0.2) is 241 Å². The molecule has 9 aromatic carbocycles. The largest absolute Gasteiger partial charge is 0.454 e. The Bertz CT molecular complexity index is 4200. The van der Waals surface area contributed by atoms with Gasteiger partial charge < -0.3 is 4.42 Å². The number of aromatic nitrogens is 5. The lowest BCUT2D eigenvalue weighted by atomic mass is 9.98. The SMILES string of the molecule is c1ccc([Si](c2ccccc2)(c2ccccc2)c2ccc(-c3nc(-c4cccc5oc6cnccc6c45)nc(-n4c5ccccc5c5ccc(-c6cccc7sc8ccccc8c67)cc54)n3)cc2)cc1. The second-order valence-electron chi connectivity index (χ2n) is 17.7. The first-order chi connectivity index (χ1) is 34.7. The molecule has 0 spiro atoms. The van der Waals surface area contributed by atoms with E-state index in [0.29, 0.717) is 23.2 Å². The predicted molar refractivity (Wildman–Crippen MR) is 292 cm³/mol. The fraction of sp³-hybridized carbons (Fsp3) is 0. The van der Waals surface area contributed by atoms with E-state index in [1.54, 1.807) is 12.4 Å². The summed E-state index contributed by atoms with van der Waals surface area (Å²) in [6.07, 6.45) is 3.57. The van der Waals surface area contributed by atoms with Crippen LogP contribution in [-0.2, 0) is 0 Å². The van der Waals surface area contributed by atoms with Gasteiger partial charge >= 0.3 is 0 Å². The summed E-state index contributed by atoms with van der Waals surface area (Å²) >= 11 is 1.84. The van der Waals surface area contributed by atoms with E-state index < -0.39 is 8.07 Å². The topological polar surface area (TPSA) is 69.6 Å². The third-order valence-electron chi connectivity index (χ3n) is 13.9. The molecular formula is C62H39N5OSSi. The minimum atomic E-state index is -2.79. The molecule has 5 aromatic heterocycles. The second-order valence-corrected chi connectivity index (χ2v) is 22.6. The van der Waals surface area contributed by atoms with Crippen LogP contribution in [0.25, 0.3) is 104 Å². The standard InChI is InChI=1S/C62H39N5OSSi/c1-4-16-42(17-5-1)70(43-18-6-2-7-19-43,44-20-8-3-9-21-44)45-33-30-40(31-34-45)60-64-61(51-25-14-27-54-58(51)49-36-37-63-39-55(49)68-54)66-62(65-60)67-52-26-12-10-22-47(52)48-35-32-41(38-53(48)67)46-24-15-29-57-59(46)50-23-11-13-28-56(50)69-57/h1-39H. The molecule has 14 rings (SSSR count). The molecule has 0 saturated heterocycles. The number of benzene rings is 9. The van der Waals surface area contributed by atoms with Gasteiger partial charge in [0.25, 0.3) is 0 Å². The molecule has 0 unspecified atom stereocenters. The molecule has 8 heteroatoms. The molecule has 0 N–H and O–H groups in total. The number of fused-ring (bicyclic) bond motifs is 9. The van der Waals surface area contributed by atoms with Crippen LogP contribution in [0.2, 0.25) is 0 Å². The smallest absolute Gasteiger partial charge is 0.238 e. The minimum absolute atomic E-state index is 0.527. The fourth-order valence-electron chi connectivity index (χ4n) is 10.9. The number of furan rings is 1. The van der Waals surface area contributed by atoms with Gasteiger partial charge in [0.15, 0.2) is 25.3 Å². The van der Waals surface area contributed by atoms with E-state index in [1.165, 1.54) is 46.5 Å². The number of hydrogen-bond donors (Lipinski definition) is 0. The average Bonchev–Trinajstić information content (AvgIpc) is 4.12. The molecule has 0 radical (unpaired) electrons. The van der Waals surface area contributed by atoms with E-state index in [-0.39, 0.29) is 0 Å². The maximum Gasteiger partial charge on any atom is 0.238 e. The van der Waals surface area contributed by atoms with Gasteiger partial charge in [-0.25, -0.2) is 4.98 Å². The van der Waals surface area contributed by atoms with Crippen molar-refractivity contribution in [2.24, 2.45) is 0 Å². The van der Waals surface area contributed by atoms with Gasteiger partial charge in [-0.1, -0.05) is 188 Å². The molecule has 14 aromatic rings. The zero-order chi connectivity index (χ0) is 46.2. The monoisotopic (exact) mass is 929 g/mol. The molecule has 0 aliphatic rings. The van der Waals surface area contributed by atoms with Crippen LogP contribution in [0, 0.1) is 0 Å². The number of nitrogens with zero attached hydrogens (tertiary/aromatic N) is 5. The van der Waals surface area contributed by atoms with Crippen LogP contribution in [0.5, 0.6) is 0 Å². The summed E-state index contributed by atoms with van der Waals surface area (Å²) in [5.74, 6) is 1.65. The molecule has 0 saturated carbocycles. The van der Waals surface area contributed by atoms with Gasteiger partial charge in [-0.3, -0.25) is 9.55 Å². The quantitative estimate of drug-likeness (QED) is 0.112. The van der Waals surface area contributed by atoms with Gasteiger partial charge in [0, 0.05) is 59.0 Å². The van der Waals surface area contributed by atoms with Crippen LogP contribution in [0.1, 0.15) is 0 Å². The van der Waals surface area contributed by atoms with Crippen molar-refractivity contribution in [3.63, 3.8) is 0 Å². The van der Waals surface area contributed by atoms with Crippen LogP contribution in [-0.4, -0.2) is 32.6 Å². The molecule has 0 aliphatic carbocycles. The van der Waals surface area contributed by atoms with Crippen LogP contribution >= 0.6 is 11.3 Å². The Morgan fingerprint density at radius 2 is 1.00 bits per heavy atom. The fourth-order valence-corrected chi connectivity index (χ4v) is 16.8. The summed E-state index contributed by atoms with van der Waals surface area (Å²) in [5.41, 5.74) is 7.53. The molecule has 0 atom stereocenters. The zero-order valence-electron chi connectivity index (χ0n) is 37.6. The number of thiophene rings is 1. The van der Waals surface area contributed by atoms with E-state index >= 15 is 0 Å². The van der Waals surface area contributed by atoms with Crippen LogP contribution < -0.4 is 20.7 Å². The van der Waals surface area contributed by atoms with Gasteiger partial charge in [-0.2, -0.15) is 9.97 Å². The molecule has 0 aliphatic heterocycles. The van der Waals surface area contributed by atoms with E-state index in [2.05, 4.69) is 216 Å². The number of rotatable bonds is 8. The van der Waals surface area contributed by atoms with Crippen molar-refractivity contribution in [3.8, 4) is 39.9 Å². The van der Waals surface area contributed by atoms with E-state index in [1.807, 2.05) is 29.5 Å². The molecule has 0 amide bonds. The van der Waals surface area contributed by atoms with Crippen molar-refractivity contribution in [1.29, 1.82) is 0 Å². The Kier molecular flexibility index (Phi) is 9.30. The van der Waals surface area contributed by atoms with E-state index in [0.717, 1.165) is 54.9 Å². The molecule has 6 nitrogen and oxygen atoms in total. The summed E-state index contributed by atoms with van der Waals surface area (Å²) in [5, 5.41) is 11.9. The third-order valence-corrected chi connectivity index (χ3v) is 19.9. The molecule has 5 heterocycles. The van der Waals surface area contributed by atoms with Crippen molar-refractivity contribution in [2.45, 2.75) is 0 Å². The molecule has 0 fully saturated rings. The highest BCUT2D eigenvalue weighted by Crippen LogP contribution is 2.42. The number of para-hydroxylation sites is 1. The van der Waals surface area contributed by atoms with Crippen molar-refractivity contribution in [1.82, 2.24) is 24.5 Å². The summed E-state index contributed by atoms with van der Waals surface area (Å²) in [6, 6.07) is 80.8. The van der Waals surface area contributed by atoms with Crippen molar-refractivity contribution in [2.75, 3.05) is 0 Å².